The van der Waals surface area contributed by atoms with E-state index in [4.69, 9.17) is 33.2 Å². The van der Waals surface area contributed by atoms with Gasteiger partial charge < -0.3 is 38.5 Å². The molecule has 55 heavy (non-hydrogen) atoms. The van der Waals surface area contributed by atoms with Gasteiger partial charge in [-0.2, -0.15) is 0 Å². The van der Waals surface area contributed by atoms with E-state index in [0.29, 0.717) is 13.2 Å². The van der Waals surface area contributed by atoms with Crippen LogP contribution in [0.2, 0.25) is 0 Å². The highest BCUT2D eigenvalue weighted by molar-refractivity contribution is 5.81. The van der Waals surface area contributed by atoms with Crippen molar-refractivity contribution in [3.8, 4) is 11.8 Å². The average molecular weight is 750 g/mol. The van der Waals surface area contributed by atoms with Gasteiger partial charge in [-0.15, -0.1) is 0 Å². The van der Waals surface area contributed by atoms with Crippen LogP contribution in [0.15, 0.2) is 121 Å². The Morgan fingerprint density at radius 3 is 1.60 bits per heavy atom. The smallest absolute Gasteiger partial charge is 0.408 e. The topological polar surface area (TPSA) is 111 Å². The van der Waals surface area contributed by atoms with E-state index in [0.717, 1.165) is 22.3 Å². The first-order chi connectivity index (χ1) is 26.7. The van der Waals surface area contributed by atoms with Crippen LogP contribution in [0.3, 0.4) is 0 Å². The minimum atomic E-state index is -1.09. The number of benzene rings is 4. The van der Waals surface area contributed by atoms with Gasteiger partial charge in [0.2, 0.25) is 0 Å². The fourth-order valence-corrected chi connectivity index (χ4v) is 5.95. The molecule has 4 aromatic rings. The molecule has 1 fully saturated rings. The summed E-state index contributed by atoms with van der Waals surface area (Å²) in [4.78, 5) is 25.4. The molecule has 0 spiro atoms. The SMILES string of the molecule is COC(=O)[C@H](CC#C[C@H]1O[C@H](COCc2ccccc2)[C@@H](OCc2ccccc2)[C@H](OCc2ccccc2)[C@H]1OCc1ccccc1)NC(=O)OC(C)(C)C. The van der Waals surface area contributed by atoms with Gasteiger partial charge in [-0.25, -0.2) is 9.59 Å². The number of ether oxygens (including phenoxy) is 7. The summed E-state index contributed by atoms with van der Waals surface area (Å²) >= 11 is 0. The van der Waals surface area contributed by atoms with Gasteiger partial charge in [0.25, 0.3) is 0 Å². The summed E-state index contributed by atoms with van der Waals surface area (Å²) in [6.07, 6.45) is -4.33. The van der Waals surface area contributed by atoms with Gasteiger partial charge in [-0.1, -0.05) is 133 Å². The maximum atomic E-state index is 12.7. The monoisotopic (exact) mass is 749 g/mol. The van der Waals surface area contributed by atoms with E-state index in [1.165, 1.54) is 7.11 Å². The van der Waals surface area contributed by atoms with Crippen molar-refractivity contribution in [2.24, 2.45) is 0 Å². The summed E-state index contributed by atoms with van der Waals surface area (Å²) < 4.78 is 43.6. The number of amides is 1. The summed E-state index contributed by atoms with van der Waals surface area (Å²) in [5, 5.41) is 2.58. The van der Waals surface area contributed by atoms with Crippen LogP contribution in [0.4, 0.5) is 4.79 Å². The molecule has 10 nitrogen and oxygen atoms in total. The van der Waals surface area contributed by atoms with Gasteiger partial charge in [0.15, 0.2) is 0 Å². The second-order valence-corrected chi connectivity index (χ2v) is 14.1. The van der Waals surface area contributed by atoms with Gasteiger partial charge in [-0.05, 0) is 43.0 Å². The zero-order valence-corrected chi connectivity index (χ0v) is 31.9. The normalized spacial score (nSPS) is 20.0. The first-order valence-electron chi connectivity index (χ1n) is 18.5. The van der Waals surface area contributed by atoms with Crippen molar-refractivity contribution in [2.45, 2.75) is 95.8 Å². The van der Waals surface area contributed by atoms with E-state index in [-0.39, 0.29) is 26.2 Å². The number of rotatable bonds is 16. The Morgan fingerprint density at radius 2 is 1.13 bits per heavy atom. The van der Waals surface area contributed by atoms with Crippen LogP contribution < -0.4 is 5.32 Å². The molecule has 1 aliphatic heterocycles. The first kappa shape index (κ1) is 41.1. The standard InChI is InChI=1S/C45H51NO9/c1-45(2,3)55-44(48)46-37(43(47)49-4)26-17-27-38-40(51-29-34-20-11-6-12-21-34)42(53-31-36-24-15-8-16-25-36)41(52-30-35-22-13-7-14-23-35)39(54-38)32-50-28-33-18-9-5-10-19-33/h5-16,18-25,37-42H,26,28-32H2,1-4H3,(H,46,48)/t37-,38+,39+,40-,41+,42+/m0/s1. The van der Waals surface area contributed by atoms with E-state index in [9.17, 15) is 9.59 Å². The van der Waals surface area contributed by atoms with Crippen molar-refractivity contribution in [2.75, 3.05) is 13.7 Å². The molecule has 1 heterocycles. The van der Waals surface area contributed by atoms with Crippen molar-refractivity contribution in [1.29, 1.82) is 0 Å². The Bertz CT molecular complexity index is 1790. The predicted molar refractivity (Wildman–Crippen MR) is 207 cm³/mol. The van der Waals surface area contributed by atoms with E-state index < -0.39 is 54.2 Å². The van der Waals surface area contributed by atoms with E-state index in [1.54, 1.807) is 20.8 Å². The first-order valence-corrected chi connectivity index (χ1v) is 18.5. The third kappa shape index (κ3) is 13.7. The van der Waals surface area contributed by atoms with Crippen LogP contribution in [0.25, 0.3) is 0 Å². The van der Waals surface area contributed by atoms with Gasteiger partial charge in [0, 0.05) is 6.42 Å². The van der Waals surface area contributed by atoms with Crippen LogP contribution in [0.5, 0.6) is 0 Å². The van der Waals surface area contributed by atoms with Crippen LogP contribution in [-0.4, -0.2) is 67.9 Å². The molecular formula is C45H51NO9. The number of carbonyl (C=O) groups is 2. The molecule has 1 aliphatic rings. The number of alkyl carbamates (subject to hydrolysis) is 1. The van der Waals surface area contributed by atoms with Crippen molar-refractivity contribution >= 4 is 12.1 Å². The number of nitrogens with one attached hydrogen (secondary N) is 1. The fraction of sp³-hybridized carbons (Fsp3) is 0.378. The average Bonchev–Trinajstić information content (AvgIpc) is 3.19. The Labute approximate surface area is 324 Å². The van der Waals surface area contributed by atoms with Crippen molar-refractivity contribution in [3.63, 3.8) is 0 Å². The summed E-state index contributed by atoms with van der Waals surface area (Å²) in [5.74, 6) is 5.62. The maximum Gasteiger partial charge on any atom is 0.408 e. The molecule has 1 N–H and O–H groups in total. The highest BCUT2D eigenvalue weighted by Gasteiger charge is 2.48. The summed E-state index contributed by atoms with van der Waals surface area (Å²) in [7, 11) is 1.25. The molecule has 0 aliphatic carbocycles. The Kier molecular flexibility index (Phi) is 15.8. The molecular weight excluding hydrogens is 698 g/mol. The lowest BCUT2D eigenvalue weighted by atomic mass is 9.94. The second kappa shape index (κ2) is 21.2. The van der Waals surface area contributed by atoms with Crippen LogP contribution in [0.1, 0.15) is 49.4 Å². The number of methoxy groups -OCH3 is 1. The van der Waals surface area contributed by atoms with Gasteiger partial charge in [0.05, 0.1) is 40.1 Å². The van der Waals surface area contributed by atoms with Gasteiger partial charge >= 0.3 is 12.1 Å². The lowest BCUT2D eigenvalue weighted by molar-refractivity contribution is -0.261. The van der Waals surface area contributed by atoms with Gasteiger partial charge in [0.1, 0.15) is 42.2 Å². The molecule has 0 radical (unpaired) electrons. The number of hydrogen-bond donors (Lipinski definition) is 1. The third-order valence-electron chi connectivity index (χ3n) is 8.61. The summed E-state index contributed by atoms with van der Waals surface area (Å²) in [6, 6.07) is 38.4. The number of esters is 1. The van der Waals surface area contributed by atoms with Crippen molar-refractivity contribution < 1.29 is 42.7 Å². The molecule has 1 amide bonds. The summed E-state index contributed by atoms with van der Waals surface area (Å²) in [5.41, 5.74) is 3.18. The van der Waals surface area contributed by atoms with E-state index in [2.05, 4.69) is 17.2 Å². The summed E-state index contributed by atoms with van der Waals surface area (Å²) in [6.45, 7) is 6.59. The Hall–Kier alpha value is -5.02. The predicted octanol–water partition coefficient (Wildman–Crippen LogP) is 7.19. The highest BCUT2D eigenvalue weighted by Crippen LogP contribution is 2.31. The molecule has 290 valence electrons. The molecule has 10 heteroatoms. The molecule has 0 saturated carbocycles. The zero-order chi connectivity index (χ0) is 38.9. The number of carbonyl (C=O) groups excluding carboxylic acids is 2. The van der Waals surface area contributed by atoms with E-state index >= 15 is 0 Å². The van der Waals surface area contributed by atoms with Crippen LogP contribution in [-0.2, 0) is 64.4 Å². The van der Waals surface area contributed by atoms with Crippen molar-refractivity contribution in [1.82, 2.24) is 5.32 Å². The minimum absolute atomic E-state index is 0.0736. The minimum Gasteiger partial charge on any atom is -0.467 e. The number of hydrogen-bond acceptors (Lipinski definition) is 9. The van der Waals surface area contributed by atoms with Crippen molar-refractivity contribution in [3.05, 3.63) is 144 Å². The molecule has 5 rings (SSSR count). The molecule has 0 unspecified atom stereocenters. The highest BCUT2D eigenvalue weighted by atomic mass is 16.6. The lowest BCUT2D eigenvalue weighted by Gasteiger charge is -2.45. The molecule has 1 saturated heterocycles. The lowest BCUT2D eigenvalue weighted by Crippen LogP contribution is -2.60. The van der Waals surface area contributed by atoms with E-state index in [1.807, 2.05) is 121 Å². The zero-order valence-electron chi connectivity index (χ0n) is 31.9. The Morgan fingerprint density at radius 1 is 0.673 bits per heavy atom. The van der Waals surface area contributed by atoms with Crippen LogP contribution in [0, 0.1) is 11.8 Å². The second-order valence-electron chi connectivity index (χ2n) is 14.1. The maximum absolute atomic E-state index is 12.7. The fourth-order valence-electron chi connectivity index (χ4n) is 5.95. The molecule has 6 atom stereocenters. The molecule has 0 aromatic heterocycles. The largest absolute Gasteiger partial charge is 0.467 e. The third-order valence-corrected chi connectivity index (χ3v) is 8.61. The Balaban J connectivity index is 1.47. The molecule has 0 bridgehead atoms. The molecule has 4 aromatic carbocycles. The van der Waals surface area contributed by atoms with Gasteiger partial charge in [-0.3, -0.25) is 0 Å². The van der Waals surface area contributed by atoms with Crippen LogP contribution >= 0.6 is 0 Å². The quantitative estimate of drug-likeness (QED) is 0.0941.